The monoisotopic (exact) mass is 129 g/mol. The summed E-state index contributed by atoms with van der Waals surface area (Å²) in [7, 11) is 0. The number of rotatable bonds is 3. The number of carbonyl (C=O) groups is 1. The van der Waals surface area contributed by atoms with Crippen molar-refractivity contribution in [2.24, 2.45) is 5.73 Å². The molecule has 0 amide bonds. The van der Waals surface area contributed by atoms with E-state index < -0.39 is 0 Å². The predicted molar refractivity (Wildman–Crippen MR) is 34.8 cm³/mol. The van der Waals surface area contributed by atoms with Crippen molar-refractivity contribution in [1.29, 1.82) is 0 Å². The highest BCUT2D eigenvalue weighted by atomic mass is 16.5. The Hall–Kier alpha value is -0.830. The molecule has 0 aliphatic carbocycles. The van der Waals surface area contributed by atoms with Crippen LogP contribution in [0.15, 0.2) is 12.2 Å². The first-order valence-electron chi connectivity index (χ1n) is 2.80. The molecular weight excluding hydrogens is 118 g/mol. The molecule has 0 radical (unpaired) electrons. The smallest absolute Gasteiger partial charge is 0.330 e. The van der Waals surface area contributed by atoms with E-state index in [1.165, 1.54) is 6.08 Å². The van der Waals surface area contributed by atoms with E-state index in [0.717, 1.165) is 0 Å². The van der Waals surface area contributed by atoms with Crippen LogP contribution in [0.3, 0.4) is 0 Å². The van der Waals surface area contributed by atoms with Crippen LogP contribution in [0.2, 0.25) is 0 Å². The van der Waals surface area contributed by atoms with Gasteiger partial charge in [0.15, 0.2) is 0 Å². The second kappa shape index (κ2) is 5.31. The molecule has 0 heterocycles. The average Bonchev–Trinajstić information content (AvgIpc) is 1.85. The Labute approximate surface area is 54.5 Å². The van der Waals surface area contributed by atoms with E-state index in [9.17, 15) is 4.79 Å². The Morgan fingerprint density at radius 2 is 2.44 bits per heavy atom. The zero-order valence-electron chi connectivity index (χ0n) is 5.46. The minimum absolute atomic E-state index is 0.295. The largest absolute Gasteiger partial charge is 0.461 e. The van der Waals surface area contributed by atoms with Crippen LogP contribution in [0.4, 0.5) is 0 Å². The third-order valence-electron chi connectivity index (χ3n) is 0.665. The summed E-state index contributed by atoms with van der Waals surface area (Å²) in [4.78, 5) is 10.4. The van der Waals surface area contributed by atoms with E-state index in [4.69, 9.17) is 5.73 Å². The first kappa shape index (κ1) is 8.17. The second-order valence-corrected chi connectivity index (χ2v) is 1.46. The van der Waals surface area contributed by atoms with E-state index in [0.29, 0.717) is 13.2 Å². The molecule has 0 aromatic rings. The fourth-order valence-electron chi connectivity index (χ4n) is 0.344. The van der Waals surface area contributed by atoms with Crippen LogP contribution in [0.5, 0.6) is 0 Å². The van der Waals surface area contributed by atoms with Crippen LogP contribution in [0.1, 0.15) is 6.92 Å². The Balaban J connectivity index is 3.27. The average molecular weight is 129 g/mol. The summed E-state index contributed by atoms with van der Waals surface area (Å²) in [6.45, 7) is 2.43. The molecule has 0 bridgehead atoms. The zero-order chi connectivity index (χ0) is 7.11. The van der Waals surface area contributed by atoms with Crippen LogP contribution in [-0.4, -0.2) is 19.1 Å². The summed E-state index contributed by atoms with van der Waals surface area (Å²) < 4.78 is 4.58. The van der Waals surface area contributed by atoms with Crippen molar-refractivity contribution in [2.45, 2.75) is 6.92 Å². The highest BCUT2D eigenvalue weighted by Gasteiger charge is 1.91. The molecule has 0 fully saturated rings. The van der Waals surface area contributed by atoms with Crippen LogP contribution in [0, 0.1) is 0 Å². The first-order chi connectivity index (χ1) is 4.31. The predicted octanol–water partition coefficient (Wildman–Crippen LogP) is 0.0644. The van der Waals surface area contributed by atoms with E-state index in [-0.39, 0.29) is 5.97 Å². The maximum atomic E-state index is 10.4. The topological polar surface area (TPSA) is 52.3 Å². The van der Waals surface area contributed by atoms with Crippen LogP contribution in [0.25, 0.3) is 0 Å². The van der Waals surface area contributed by atoms with Crippen molar-refractivity contribution in [1.82, 2.24) is 0 Å². The van der Waals surface area contributed by atoms with Gasteiger partial charge < -0.3 is 10.5 Å². The number of esters is 1. The fourth-order valence-corrected chi connectivity index (χ4v) is 0.344. The molecule has 0 aromatic heterocycles. The van der Waals surface area contributed by atoms with Gasteiger partial charge in [-0.3, -0.25) is 0 Å². The molecule has 0 saturated carbocycles. The third-order valence-corrected chi connectivity index (χ3v) is 0.665. The minimum Gasteiger partial charge on any atom is -0.461 e. The van der Waals surface area contributed by atoms with Gasteiger partial charge in [0.1, 0.15) is 6.61 Å². The first-order valence-corrected chi connectivity index (χ1v) is 2.80. The van der Waals surface area contributed by atoms with Gasteiger partial charge in [-0.1, -0.05) is 6.08 Å². The molecule has 9 heavy (non-hydrogen) atoms. The lowest BCUT2D eigenvalue weighted by Gasteiger charge is -1.95. The molecule has 0 aliphatic heterocycles. The molecule has 0 saturated heterocycles. The van der Waals surface area contributed by atoms with Crippen molar-refractivity contribution in [3.05, 3.63) is 12.2 Å². The van der Waals surface area contributed by atoms with Gasteiger partial charge in [-0.25, -0.2) is 4.79 Å². The number of nitrogens with two attached hydrogens (primary N) is 1. The molecule has 0 rings (SSSR count). The molecule has 0 aliphatic rings. The van der Waals surface area contributed by atoms with Gasteiger partial charge in [0, 0.05) is 12.6 Å². The maximum Gasteiger partial charge on any atom is 0.330 e. The quantitative estimate of drug-likeness (QED) is 0.433. The highest BCUT2D eigenvalue weighted by Crippen LogP contribution is 1.78. The van der Waals surface area contributed by atoms with Crippen molar-refractivity contribution in [3.63, 3.8) is 0 Å². The molecule has 52 valence electrons. The number of ether oxygens (including phenoxy) is 1. The van der Waals surface area contributed by atoms with E-state index >= 15 is 0 Å². The maximum absolute atomic E-state index is 10.4. The zero-order valence-corrected chi connectivity index (χ0v) is 5.46. The number of hydrogen-bond acceptors (Lipinski definition) is 3. The molecule has 2 N–H and O–H groups in total. The summed E-state index contributed by atoms with van der Waals surface area (Å²) in [5.74, 6) is -0.331. The Kier molecular flexibility index (Phi) is 4.82. The van der Waals surface area contributed by atoms with E-state index in [2.05, 4.69) is 4.74 Å². The lowest BCUT2D eigenvalue weighted by Crippen LogP contribution is -2.11. The fraction of sp³-hybridized carbons (Fsp3) is 0.500. The van der Waals surface area contributed by atoms with Gasteiger partial charge in [-0.15, -0.1) is 0 Å². The minimum atomic E-state index is -0.331. The highest BCUT2D eigenvalue weighted by molar-refractivity contribution is 5.81. The SMILES string of the molecule is C/C=C/C(=O)OCCN. The van der Waals surface area contributed by atoms with Crippen LogP contribution >= 0.6 is 0 Å². The van der Waals surface area contributed by atoms with Crippen LogP contribution < -0.4 is 5.73 Å². The van der Waals surface area contributed by atoms with Crippen molar-refractivity contribution in [3.8, 4) is 0 Å². The molecule has 0 spiro atoms. The Bertz CT molecular complexity index is 110. The number of allylic oxidation sites excluding steroid dienone is 1. The van der Waals surface area contributed by atoms with Gasteiger partial charge >= 0.3 is 5.97 Å². The third kappa shape index (κ3) is 5.03. The summed E-state index contributed by atoms with van der Waals surface area (Å²) >= 11 is 0. The second-order valence-electron chi connectivity index (χ2n) is 1.46. The lowest BCUT2D eigenvalue weighted by molar-refractivity contribution is -0.137. The van der Waals surface area contributed by atoms with Gasteiger partial charge in [0.25, 0.3) is 0 Å². The lowest BCUT2D eigenvalue weighted by atomic mass is 10.5. The van der Waals surface area contributed by atoms with Gasteiger partial charge in [0.2, 0.25) is 0 Å². The Morgan fingerprint density at radius 1 is 1.78 bits per heavy atom. The number of hydrogen-bond donors (Lipinski definition) is 1. The van der Waals surface area contributed by atoms with Gasteiger partial charge in [-0.05, 0) is 6.92 Å². The summed E-state index contributed by atoms with van der Waals surface area (Å²) in [5.41, 5.74) is 5.07. The molecule has 3 nitrogen and oxygen atoms in total. The molecule has 0 atom stereocenters. The number of carbonyl (C=O) groups excluding carboxylic acids is 1. The van der Waals surface area contributed by atoms with Crippen molar-refractivity contribution >= 4 is 5.97 Å². The van der Waals surface area contributed by atoms with Gasteiger partial charge in [-0.2, -0.15) is 0 Å². The molecule has 0 aromatic carbocycles. The van der Waals surface area contributed by atoms with Crippen molar-refractivity contribution < 1.29 is 9.53 Å². The summed E-state index contributed by atoms with van der Waals surface area (Å²) in [6, 6.07) is 0. The summed E-state index contributed by atoms with van der Waals surface area (Å²) in [5, 5.41) is 0. The normalized spacial score (nSPS) is 10.0. The Morgan fingerprint density at radius 3 is 2.89 bits per heavy atom. The van der Waals surface area contributed by atoms with Gasteiger partial charge in [0.05, 0.1) is 0 Å². The molecular formula is C6H11NO2. The standard InChI is InChI=1S/C6H11NO2/c1-2-3-6(8)9-5-4-7/h2-3H,4-5,7H2,1H3/b3-2+. The van der Waals surface area contributed by atoms with E-state index in [1.807, 2.05) is 0 Å². The van der Waals surface area contributed by atoms with Crippen LogP contribution in [-0.2, 0) is 9.53 Å². The summed E-state index contributed by atoms with van der Waals surface area (Å²) in [6.07, 6.45) is 2.98. The molecule has 3 heteroatoms. The molecule has 0 unspecified atom stereocenters. The van der Waals surface area contributed by atoms with E-state index in [1.54, 1.807) is 13.0 Å². The van der Waals surface area contributed by atoms with Crippen molar-refractivity contribution in [2.75, 3.05) is 13.2 Å².